The first-order chi connectivity index (χ1) is 29.1. The van der Waals surface area contributed by atoms with Crippen molar-refractivity contribution in [2.75, 3.05) is 70.4 Å². The van der Waals surface area contributed by atoms with Crippen LogP contribution in [0.1, 0.15) is 84.5 Å². The number of nitrogens with zero attached hydrogens (tertiary/aromatic N) is 6. The summed E-state index contributed by atoms with van der Waals surface area (Å²) in [7, 11) is 2.12. The van der Waals surface area contributed by atoms with Gasteiger partial charge in [-0.25, -0.2) is 0 Å². The summed E-state index contributed by atoms with van der Waals surface area (Å²) in [6.45, 7) is 8.90. The number of imide groups is 1. The van der Waals surface area contributed by atoms with E-state index in [-0.39, 0.29) is 49.4 Å². The standard InChI is InChI=1S/C43H55N9O8/c1-28(2)35-25-45-52-39(35)48-43(60-33-14-16-50(3)17-15-33)49-42(52)44-24-30-7-10-32(11-8-30)46-38(54)27-59-22-21-58-20-19-57-18-4-5-29-6-9-31-26-51(41(56)34(31)23-29)36-12-13-37(53)47-40(36)55/h6-11,23,25,28,33,36H,4-5,12-22,24,26-27H2,1-3H3,(H,46,54)(H,44,48,49)(H,47,53,55). The molecular weight excluding hydrogens is 771 g/mol. The Bertz CT molecular complexity index is 2130. The van der Waals surface area contributed by atoms with E-state index in [0.29, 0.717) is 69.1 Å². The van der Waals surface area contributed by atoms with Crippen LogP contribution in [-0.2, 0) is 48.1 Å². The number of anilines is 2. The maximum atomic E-state index is 13.1. The number of piperidine rings is 2. The maximum Gasteiger partial charge on any atom is 0.322 e. The second kappa shape index (κ2) is 20.2. The minimum Gasteiger partial charge on any atom is -0.460 e. The molecule has 7 rings (SSSR count). The van der Waals surface area contributed by atoms with Gasteiger partial charge in [0.05, 0.1) is 32.6 Å². The number of fused-ring (bicyclic) bond motifs is 2. The monoisotopic (exact) mass is 825 g/mol. The van der Waals surface area contributed by atoms with Crippen LogP contribution in [-0.4, -0.2) is 125 Å². The second-order valence-corrected chi connectivity index (χ2v) is 15.8. The van der Waals surface area contributed by atoms with Crippen molar-refractivity contribution in [1.82, 2.24) is 34.7 Å². The fourth-order valence-corrected chi connectivity index (χ4v) is 7.53. The third-order valence-corrected chi connectivity index (χ3v) is 10.9. The molecule has 320 valence electrons. The van der Waals surface area contributed by atoms with Crippen molar-refractivity contribution >= 4 is 40.9 Å². The highest BCUT2D eigenvalue weighted by molar-refractivity contribution is 6.05. The maximum absolute atomic E-state index is 13.1. The number of aryl methyl sites for hydroxylation is 1. The van der Waals surface area contributed by atoms with Crippen LogP contribution in [0.5, 0.6) is 6.01 Å². The van der Waals surface area contributed by atoms with Crippen LogP contribution in [0.25, 0.3) is 5.65 Å². The van der Waals surface area contributed by atoms with E-state index in [1.165, 1.54) is 0 Å². The molecule has 60 heavy (non-hydrogen) atoms. The molecule has 0 saturated carbocycles. The number of carbonyl (C=O) groups is 4. The first-order valence-corrected chi connectivity index (χ1v) is 20.8. The Labute approximate surface area is 349 Å². The summed E-state index contributed by atoms with van der Waals surface area (Å²) in [4.78, 5) is 62.7. The van der Waals surface area contributed by atoms with Crippen molar-refractivity contribution in [3.63, 3.8) is 0 Å². The third kappa shape index (κ3) is 11.0. The number of hydrogen-bond acceptors (Lipinski definition) is 13. The van der Waals surface area contributed by atoms with E-state index < -0.39 is 11.9 Å². The van der Waals surface area contributed by atoms with Gasteiger partial charge < -0.3 is 39.4 Å². The van der Waals surface area contributed by atoms with Gasteiger partial charge in [-0.3, -0.25) is 24.5 Å². The highest BCUT2D eigenvalue weighted by Crippen LogP contribution is 2.29. The zero-order valence-corrected chi connectivity index (χ0v) is 34.6. The van der Waals surface area contributed by atoms with Gasteiger partial charge in [-0.1, -0.05) is 38.1 Å². The fraction of sp³-hybridized carbons (Fsp3) is 0.512. The molecule has 4 aromatic rings. The molecule has 4 amide bonds. The van der Waals surface area contributed by atoms with Crippen molar-refractivity contribution in [3.05, 3.63) is 76.5 Å². The van der Waals surface area contributed by atoms with E-state index in [0.717, 1.165) is 66.7 Å². The molecule has 1 atom stereocenters. The molecule has 1 unspecified atom stereocenters. The van der Waals surface area contributed by atoms with Crippen LogP contribution in [0.15, 0.2) is 48.7 Å². The SMILES string of the molecule is CC(C)c1cnn2c(NCc3ccc(NC(=O)COCCOCCOCCCc4ccc5c(c4)C(=O)N(C4CCC(=O)NC4=O)C5)cc3)nc(OC3CCN(C)CC3)nc12. The van der Waals surface area contributed by atoms with E-state index in [1.54, 1.807) is 9.42 Å². The number of benzene rings is 2. The molecule has 2 fully saturated rings. The number of ether oxygens (including phenoxy) is 4. The van der Waals surface area contributed by atoms with Gasteiger partial charge in [0.1, 0.15) is 18.8 Å². The number of hydrogen-bond donors (Lipinski definition) is 3. The minimum absolute atomic E-state index is 0.0720. The Balaban J connectivity index is 0.748. The summed E-state index contributed by atoms with van der Waals surface area (Å²) in [6, 6.07) is 13.1. The van der Waals surface area contributed by atoms with Crippen LogP contribution < -0.4 is 20.7 Å². The number of likely N-dealkylation sites (tertiary alicyclic amines) is 1. The van der Waals surface area contributed by atoms with Crippen LogP contribution in [0.2, 0.25) is 0 Å². The number of nitrogens with one attached hydrogen (secondary N) is 3. The second-order valence-electron chi connectivity index (χ2n) is 15.8. The van der Waals surface area contributed by atoms with Gasteiger partial charge in [0.15, 0.2) is 5.65 Å². The lowest BCUT2D eigenvalue weighted by Crippen LogP contribution is -2.52. The molecule has 2 saturated heterocycles. The van der Waals surface area contributed by atoms with Crippen molar-refractivity contribution in [2.24, 2.45) is 0 Å². The van der Waals surface area contributed by atoms with Gasteiger partial charge in [0.2, 0.25) is 23.7 Å². The molecule has 17 heteroatoms. The molecule has 3 aliphatic heterocycles. The van der Waals surface area contributed by atoms with E-state index >= 15 is 0 Å². The molecule has 3 N–H and O–H groups in total. The summed E-state index contributed by atoms with van der Waals surface area (Å²) in [5, 5.41) is 13.2. The van der Waals surface area contributed by atoms with Gasteiger partial charge in [-0.05, 0) is 80.0 Å². The van der Waals surface area contributed by atoms with Gasteiger partial charge in [-0.15, -0.1) is 0 Å². The van der Waals surface area contributed by atoms with Gasteiger partial charge in [0.25, 0.3) is 5.91 Å². The highest BCUT2D eigenvalue weighted by atomic mass is 16.5. The van der Waals surface area contributed by atoms with Crippen LogP contribution in [0, 0.1) is 0 Å². The van der Waals surface area contributed by atoms with E-state index in [1.807, 2.05) is 48.7 Å². The number of amides is 4. The smallest absolute Gasteiger partial charge is 0.322 e. The number of carbonyl (C=O) groups excluding carboxylic acids is 4. The molecule has 3 aliphatic rings. The highest BCUT2D eigenvalue weighted by Gasteiger charge is 2.39. The molecular formula is C43H55N9O8. The topological polar surface area (TPSA) is 191 Å². The van der Waals surface area contributed by atoms with Crippen LogP contribution in [0.4, 0.5) is 11.6 Å². The predicted octanol–water partition coefficient (Wildman–Crippen LogP) is 3.71. The fourth-order valence-electron chi connectivity index (χ4n) is 7.53. The lowest BCUT2D eigenvalue weighted by molar-refractivity contribution is -0.137. The largest absolute Gasteiger partial charge is 0.460 e. The summed E-state index contributed by atoms with van der Waals surface area (Å²) in [6.07, 6.45) is 5.86. The third-order valence-electron chi connectivity index (χ3n) is 10.9. The Kier molecular flexibility index (Phi) is 14.3. The van der Waals surface area contributed by atoms with Gasteiger partial charge in [0, 0.05) is 56.0 Å². The van der Waals surface area contributed by atoms with Gasteiger partial charge in [-0.2, -0.15) is 19.6 Å². The van der Waals surface area contributed by atoms with Crippen molar-refractivity contribution < 1.29 is 38.1 Å². The predicted molar refractivity (Wildman–Crippen MR) is 222 cm³/mol. The molecule has 2 aromatic carbocycles. The van der Waals surface area contributed by atoms with Crippen LogP contribution >= 0.6 is 0 Å². The van der Waals surface area contributed by atoms with E-state index in [9.17, 15) is 19.2 Å². The van der Waals surface area contributed by atoms with E-state index in [4.69, 9.17) is 28.9 Å². The van der Waals surface area contributed by atoms with Crippen LogP contribution in [0.3, 0.4) is 0 Å². The molecule has 5 heterocycles. The van der Waals surface area contributed by atoms with Gasteiger partial charge >= 0.3 is 6.01 Å². The zero-order chi connectivity index (χ0) is 42.0. The lowest BCUT2D eigenvalue weighted by Gasteiger charge is -2.29. The number of rotatable bonds is 20. The minimum atomic E-state index is -0.617. The van der Waals surface area contributed by atoms with Crippen molar-refractivity contribution in [1.29, 1.82) is 0 Å². The Morgan fingerprint density at radius 1 is 0.917 bits per heavy atom. The Morgan fingerprint density at radius 2 is 1.65 bits per heavy atom. The molecule has 17 nitrogen and oxygen atoms in total. The zero-order valence-electron chi connectivity index (χ0n) is 34.6. The summed E-state index contributed by atoms with van der Waals surface area (Å²) in [5.41, 5.74) is 5.94. The quantitative estimate of drug-likeness (QED) is 0.0865. The molecule has 2 aromatic heterocycles. The first kappa shape index (κ1) is 42.6. The lowest BCUT2D eigenvalue weighted by atomic mass is 10.0. The Hall–Kier alpha value is -5.49. The normalized spacial score (nSPS) is 17.4. The Morgan fingerprint density at radius 3 is 2.40 bits per heavy atom. The molecule has 0 spiro atoms. The average molecular weight is 826 g/mol. The first-order valence-electron chi connectivity index (χ1n) is 20.8. The molecule has 0 aliphatic carbocycles. The summed E-state index contributed by atoms with van der Waals surface area (Å²) >= 11 is 0. The average Bonchev–Trinajstić information content (AvgIpc) is 3.81. The van der Waals surface area contributed by atoms with Crippen molar-refractivity contribution in [3.8, 4) is 6.01 Å². The number of aromatic nitrogens is 4. The summed E-state index contributed by atoms with van der Waals surface area (Å²) in [5.74, 6) is -0.351. The molecule has 0 bridgehead atoms. The van der Waals surface area contributed by atoms with E-state index in [2.05, 4.69) is 46.8 Å². The van der Waals surface area contributed by atoms with Crippen molar-refractivity contribution in [2.45, 2.75) is 83.5 Å². The summed E-state index contributed by atoms with van der Waals surface area (Å²) < 4.78 is 24.8. The molecule has 0 radical (unpaired) electrons.